The highest BCUT2D eigenvalue weighted by atomic mass is 16.5. The molecule has 3 aromatic carbocycles. The lowest BCUT2D eigenvalue weighted by Gasteiger charge is -2.37. The summed E-state index contributed by atoms with van der Waals surface area (Å²) < 4.78 is 13.3. The third-order valence-electron chi connectivity index (χ3n) is 7.65. The first-order chi connectivity index (χ1) is 18.8. The Bertz CT molecular complexity index is 1840. The van der Waals surface area contributed by atoms with Gasteiger partial charge in [0.25, 0.3) is 0 Å². The van der Waals surface area contributed by atoms with Crippen molar-refractivity contribution in [1.82, 2.24) is 19.6 Å². The molecule has 2 aliphatic rings. The topological polar surface area (TPSA) is 98.8 Å². The number of nitrogens with zero attached hydrogens (tertiary/aromatic N) is 4. The second kappa shape index (κ2) is 8.39. The molecule has 8 nitrogen and oxygen atoms in total. The van der Waals surface area contributed by atoms with Crippen LogP contribution in [0.5, 0.6) is 17.4 Å². The van der Waals surface area contributed by atoms with Crippen molar-refractivity contribution in [3.05, 3.63) is 89.5 Å². The second-order valence-corrected chi connectivity index (χ2v) is 10.9. The largest absolute Gasteiger partial charge is 0.507 e. The van der Waals surface area contributed by atoms with Crippen LogP contribution in [0, 0.1) is 5.41 Å². The smallest absolute Gasteiger partial charge is 0.228 e. The van der Waals surface area contributed by atoms with Crippen LogP contribution in [0.15, 0.2) is 78.3 Å². The number of hydrogen-bond donors (Lipinski definition) is 1. The van der Waals surface area contributed by atoms with E-state index in [9.17, 15) is 9.90 Å². The lowest BCUT2D eigenvalue weighted by atomic mass is 9.70. The number of phenols is 1. The fourth-order valence-corrected chi connectivity index (χ4v) is 5.82. The maximum absolute atomic E-state index is 13.6. The van der Waals surface area contributed by atoms with Crippen LogP contribution in [0.4, 0.5) is 0 Å². The molecule has 0 spiro atoms. The van der Waals surface area contributed by atoms with Gasteiger partial charge in [0.1, 0.15) is 23.6 Å². The number of hydrogen-bond acceptors (Lipinski definition) is 7. The number of methoxy groups -OCH3 is 1. The van der Waals surface area contributed by atoms with Crippen LogP contribution in [0.2, 0.25) is 0 Å². The number of aromatic hydroxyl groups is 1. The number of carbonyl (C=O) groups is 1. The van der Waals surface area contributed by atoms with E-state index < -0.39 is 5.92 Å². The van der Waals surface area contributed by atoms with Gasteiger partial charge in [-0.1, -0.05) is 56.3 Å². The predicted molar refractivity (Wildman–Crippen MR) is 146 cm³/mol. The normalized spacial score (nSPS) is 18.1. The van der Waals surface area contributed by atoms with Gasteiger partial charge in [-0.25, -0.2) is 14.5 Å². The van der Waals surface area contributed by atoms with E-state index in [-0.39, 0.29) is 16.9 Å². The van der Waals surface area contributed by atoms with Crippen LogP contribution in [-0.4, -0.2) is 37.6 Å². The summed E-state index contributed by atoms with van der Waals surface area (Å²) in [4.78, 5) is 23.1. The highest BCUT2D eigenvalue weighted by Gasteiger charge is 2.44. The van der Waals surface area contributed by atoms with Gasteiger partial charge in [-0.15, -0.1) is 5.10 Å². The number of benzene rings is 3. The van der Waals surface area contributed by atoms with Crippen molar-refractivity contribution in [2.75, 3.05) is 7.11 Å². The Labute approximate surface area is 224 Å². The summed E-state index contributed by atoms with van der Waals surface area (Å²) in [5, 5.41) is 17.4. The molecular formula is C31H26N4O4. The fourth-order valence-electron chi connectivity index (χ4n) is 5.82. The average Bonchev–Trinajstić information content (AvgIpc) is 3.36. The monoisotopic (exact) mass is 518 g/mol. The number of allylic oxidation sites excluding steroid dienone is 2. The SMILES string of the molecule is COc1ccc([C@H]2C3=C(CC(C)(C)CC3=O)Oc3ncn4nc(-c5ccc6ccccc6c5O)nc4c32)cc1. The van der Waals surface area contributed by atoms with Gasteiger partial charge in [-0.2, -0.15) is 0 Å². The Morgan fingerprint density at radius 3 is 2.64 bits per heavy atom. The number of ketones is 1. The average molecular weight is 519 g/mol. The number of phenolic OH excluding ortho intramolecular Hbond substituents is 1. The molecule has 0 amide bonds. The number of ether oxygens (including phenoxy) is 2. The Hall–Kier alpha value is -4.72. The maximum Gasteiger partial charge on any atom is 0.228 e. The highest BCUT2D eigenvalue weighted by molar-refractivity contribution is 6.00. The molecule has 0 bridgehead atoms. The first-order valence-electron chi connectivity index (χ1n) is 12.9. The van der Waals surface area contributed by atoms with Crippen LogP contribution in [0.25, 0.3) is 27.8 Å². The van der Waals surface area contributed by atoms with Gasteiger partial charge in [0, 0.05) is 29.7 Å². The van der Waals surface area contributed by atoms with Gasteiger partial charge >= 0.3 is 0 Å². The van der Waals surface area contributed by atoms with Gasteiger partial charge in [-0.05, 0) is 34.6 Å². The van der Waals surface area contributed by atoms with E-state index in [0.717, 1.165) is 22.1 Å². The number of aromatic nitrogens is 4. The van der Waals surface area contributed by atoms with E-state index in [4.69, 9.17) is 14.5 Å². The van der Waals surface area contributed by atoms with Gasteiger partial charge in [0.2, 0.25) is 5.88 Å². The van der Waals surface area contributed by atoms with E-state index in [1.807, 2.05) is 60.7 Å². The molecule has 1 atom stereocenters. The fraction of sp³-hybridized carbons (Fsp3) is 0.226. The predicted octanol–water partition coefficient (Wildman–Crippen LogP) is 5.83. The summed E-state index contributed by atoms with van der Waals surface area (Å²) in [6, 6.07) is 19.1. The standard InChI is InChI=1S/C31H26N4O4/c1-31(2)14-22(36)25-23(15-31)39-30-26(24(25)18-8-11-19(38-3)12-9-18)29-33-28(34-35(29)16-32-30)21-13-10-17-6-4-5-7-20(17)27(21)37/h4-13,16,24,37H,14-15H2,1-3H3/t24-/m0/s1. The van der Waals surface area contributed by atoms with E-state index in [1.54, 1.807) is 18.0 Å². The summed E-state index contributed by atoms with van der Waals surface area (Å²) >= 11 is 0. The van der Waals surface area contributed by atoms with E-state index >= 15 is 0 Å². The van der Waals surface area contributed by atoms with Crippen LogP contribution in [-0.2, 0) is 4.79 Å². The Balaban J connectivity index is 1.45. The van der Waals surface area contributed by atoms with Crippen molar-refractivity contribution < 1.29 is 19.4 Å². The van der Waals surface area contributed by atoms with Crippen molar-refractivity contribution in [2.45, 2.75) is 32.6 Å². The molecule has 2 aromatic heterocycles. The summed E-state index contributed by atoms with van der Waals surface area (Å²) in [7, 11) is 1.62. The minimum Gasteiger partial charge on any atom is -0.507 e. The molecule has 1 N–H and O–H groups in total. The van der Waals surface area contributed by atoms with Crippen molar-refractivity contribution in [2.24, 2.45) is 5.41 Å². The molecule has 5 aromatic rings. The molecule has 7 rings (SSSR count). The molecule has 1 aliphatic carbocycles. The second-order valence-electron chi connectivity index (χ2n) is 10.9. The van der Waals surface area contributed by atoms with Gasteiger partial charge < -0.3 is 14.6 Å². The van der Waals surface area contributed by atoms with Gasteiger partial charge in [-0.3, -0.25) is 4.79 Å². The summed E-state index contributed by atoms with van der Waals surface area (Å²) in [5.74, 6) is 1.89. The van der Waals surface area contributed by atoms with Gasteiger partial charge in [0.15, 0.2) is 17.3 Å². The minimum absolute atomic E-state index is 0.0571. The van der Waals surface area contributed by atoms with Crippen molar-refractivity contribution in [1.29, 1.82) is 0 Å². The molecule has 0 saturated heterocycles. The Kier molecular flexibility index (Phi) is 5.04. The molecule has 0 unspecified atom stereocenters. The quantitative estimate of drug-likeness (QED) is 0.321. The highest BCUT2D eigenvalue weighted by Crippen LogP contribution is 2.50. The third kappa shape index (κ3) is 3.66. The zero-order valence-electron chi connectivity index (χ0n) is 21.8. The Morgan fingerprint density at radius 2 is 1.85 bits per heavy atom. The molecule has 0 radical (unpaired) electrons. The first kappa shape index (κ1) is 23.4. The molecule has 3 heterocycles. The summed E-state index contributed by atoms with van der Waals surface area (Å²) in [5.41, 5.74) is 3.05. The lowest BCUT2D eigenvalue weighted by molar-refractivity contribution is -0.118. The number of carbonyl (C=O) groups excluding carboxylic acids is 1. The van der Waals surface area contributed by atoms with E-state index in [0.29, 0.717) is 52.7 Å². The number of fused-ring (bicyclic) bond motifs is 4. The van der Waals surface area contributed by atoms with Crippen LogP contribution in [0.1, 0.15) is 43.7 Å². The molecular weight excluding hydrogens is 492 g/mol. The van der Waals surface area contributed by atoms with E-state index in [2.05, 4.69) is 23.9 Å². The van der Waals surface area contributed by atoms with Crippen molar-refractivity contribution in [3.63, 3.8) is 0 Å². The van der Waals surface area contributed by atoms with Gasteiger partial charge in [0.05, 0.1) is 18.2 Å². The molecule has 39 heavy (non-hydrogen) atoms. The van der Waals surface area contributed by atoms with Crippen LogP contribution < -0.4 is 9.47 Å². The summed E-state index contributed by atoms with van der Waals surface area (Å²) in [6.45, 7) is 4.15. The number of Topliss-reactive ketones (excluding diaryl/α,β-unsaturated/α-hetero) is 1. The van der Waals surface area contributed by atoms with Crippen LogP contribution in [0.3, 0.4) is 0 Å². The third-order valence-corrected chi connectivity index (χ3v) is 7.65. The molecule has 1 aliphatic heterocycles. The van der Waals surface area contributed by atoms with Crippen molar-refractivity contribution >= 4 is 22.2 Å². The summed E-state index contributed by atoms with van der Waals surface area (Å²) in [6.07, 6.45) is 2.63. The first-order valence-corrected chi connectivity index (χ1v) is 12.9. The van der Waals surface area contributed by atoms with E-state index in [1.165, 1.54) is 0 Å². The van der Waals surface area contributed by atoms with Crippen LogP contribution >= 0.6 is 0 Å². The maximum atomic E-state index is 13.6. The molecule has 8 heteroatoms. The molecule has 194 valence electrons. The lowest BCUT2D eigenvalue weighted by Crippen LogP contribution is -2.33. The van der Waals surface area contributed by atoms with Crippen molar-refractivity contribution in [3.8, 4) is 28.8 Å². The zero-order valence-corrected chi connectivity index (χ0v) is 21.8. The minimum atomic E-state index is -0.434. The molecule has 0 saturated carbocycles. The number of rotatable bonds is 3. The zero-order chi connectivity index (χ0) is 26.9. The Morgan fingerprint density at radius 1 is 1.05 bits per heavy atom. The molecule has 0 fully saturated rings.